The van der Waals surface area contributed by atoms with Crippen LogP contribution in [0.3, 0.4) is 0 Å². The van der Waals surface area contributed by atoms with Crippen molar-refractivity contribution in [1.82, 2.24) is 35.8 Å². The number of hydroxylamine groups is 1. The van der Waals surface area contributed by atoms with Crippen LogP contribution in [0, 0.1) is 5.92 Å². The van der Waals surface area contributed by atoms with E-state index in [4.69, 9.17) is 19.0 Å². The van der Waals surface area contributed by atoms with E-state index in [-0.39, 0.29) is 86.9 Å². The predicted molar refractivity (Wildman–Crippen MR) is 236 cm³/mol. The van der Waals surface area contributed by atoms with Crippen LogP contribution in [0.5, 0.6) is 5.75 Å². The number of carbonyl (C=O) groups excluding carboxylic acids is 5. The van der Waals surface area contributed by atoms with Gasteiger partial charge in [-0.25, -0.2) is 4.79 Å². The van der Waals surface area contributed by atoms with Crippen molar-refractivity contribution < 1.29 is 43.0 Å². The minimum atomic E-state index is -0.707. The molecular weight excluding hydrogens is 807 g/mol. The van der Waals surface area contributed by atoms with Gasteiger partial charge in [0.25, 0.3) is 11.8 Å². The van der Waals surface area contributed by atoms with Crippen LogP contribution in [0.4, 0.5) is 4.79 Å². The van der Waals surface area contributed by atoms with Crippen LogP contribution in [0.1, 0.15) is 76.9 Å². The third-order valence-corrected chi connectivity index (χ3v) is 12.6. The molecule has 1 saturated carbocycles. The molecule has 3 aromatic carbocycles. The maximum atomic E-state index is 14.4. The largest absolute Gasteiger partial charge is 0.497 e. The Bertz CT molecular complexity index is 2240. The number of hydrogen-bond donors (Lipinski definition) is 4. The molecule has 2 aliphatic carbocycles. The molecule has 2 atom stereocenters. The fourth-order valence-corrected chi connectivity index (χ4v) is 9.02. The van der Waals surface area contributed by atoms with Gasteiger partial charge < -0.3 is 44.5 Å². The topological polar surface area (TPSA) is 182 Å². The van der Waals surface area contributed by atoms with Crippen LogP contribution in [0.15, 0.2) is 66.7 Å². The Labute approximate surface area is 367 Å². The van der Waals surface area contributed by atoms with E-state index < -0.39 is 24.1 Å². The Morgan fingerprint density at radius 2 is 1.49 bits per heavy atom. The molecule has 3 aliphatic rings. The molecule has 1 unspecified atom stereocenters. The lowest BCUT2D eigenvalue weighted by atomic mass is 9.83. The number of aryl methyl sites for hydroxylation is 1. The minimum absolute atomic E-state index is 0.0478. The van der Waals surface area contributed by atoms with Gasteiger partial charge in [-0.15, -0.1) is 0 Å². The molecule has 0 radical (unpaired) electrons. The summed E-state index contributed by atoms with van der Waals surface area (Å²) in [5.74, 6) is -0.542. The smallest absolute Gasteiger partial charge is 0.431 e. The number of likely N-dealkylation sites (N-methyl/N-ethyl adjacent to an activating group) is 1. The van der Waals surface area contributed by atoms with Gasteiger partial charge in [-0.2, -0.15) is 5.48 Å². The van der Waals surface area contributed by atoms with Crippen LogP contribution in [-0.2, 0) is 30.9 Å². The average Bonchev–Trinajstić information content (AvgIpc) is 3.80. The third kappa shape index (κ3) is 10.1. The van der Waals surface area contributed by atoms with Gasteiger partial charge in [-0.05, 0) is 67.1 Å². The molecule has 1 aliphatic heterocycles. The zero-order valence-corrected chi connectivity index (χ0v) is 36.6. The molecular formula is C47H59N7O9. The maximum Gasteiger partial charge on any atom is 0.431 e. The summed E-state index contributed by atoms with van der Waals surface area (Å²) in [5.41, 5.74) is 7.91. The summed E-state index contributed by atoms with van der Waals surface area (Å²) in [6.45, 7) is 3.53. The summed E-state index contributed by atoms with van der Waals surface area (Å²) >= 11 is 0. The SMILES string of the molecule is CN[C@@H](C)C(=O)NC(C(=O)N1CCN(C(=O)c2c(C(=O)NCCOCCONC(=O)OCC3c4ccccc4-c4ccccc43)c3ccc(OC)cc3n2C)CC1)C1CCCCC1. The van der Waals surface area contributed by atoms with Gasteiger partial charge in [-0.3, -0.25) is 24.0 Å². The van der Waals surface area contributed by atoms with Gasteiger partial charge >= 0.3 is 6.09 Å². The number of aromatic nitrogens is 1. The summed E-state index contributed by atoms with van der Waals surface area (Å²) in [6.07, 6.45) is 4.22. The standard InChI is InChI=1S/C47H59N7O9/c1-30(48-2)43(55)50-41(31-12-6-5-7-13-31)45(57)53-21-23-54(24-22-53)46(58)42-40(37-19-18-32(60-4)28-39(37)52(42)3)44(56)49-20-25-61-26-27-63-51-47(59)62-29-38-35-16-10-8-14-33(35)34-15-9-11-17-36(34)38/h8-11,14-19,28,30-31,38,41,48H,5-7,12-13,20-27,29H2,1-4H3,(H,49,56)(H,50,55)(H,51,59)/t30-,41?/m0/s1. The first-order chi connectivity index (χ1) is 30.6. The lowest BCUT2D eigenvalue weighted by molar-refractivity contribution is -0.140. The molecule has 16 heteroatoms. The summed E-state index contributed by atoms with van der Waals surface area (Å²) in [4.78, 5) is 76.3. The number of piperazine rings is 1. The number of rotatable bonds is 17. The van der Waals surface area contributed by atoms with Crippen LogP contribution < -0.4 is 26.2 Å². The van der Waals surface area contributed by atoms with Crippen molar-refractivity contribution >= 4 is 40.6 Å². The molecule has 4 N–H and O–H groups in total. The van der Waals surface area contributed by atoms with Crippen molar-refractivity contribution in [3.8, 4) is 16.9 Å². The number of carbonyl (C=O) groups is 5. The quantitative estimate of drug-likeness (QED) is 0.0880. The number of benzene rings is 3. The highest BCUT2D eigenvalue weighted by Gasteiger charge is 2.37. The zero-order valence-electron chi connectivity index (χ0n) is 36.6. The first-order valence-electron chi connectivity index (χ1n) is 21.9. The summed E-state index contributed by atoms with van der Waals surface area (Å²) < 4.78 is 18.3. The highest BCUT2D eigenvalue weighted by atomic mass is 16.7. The molecule has 0 spiro atoms. The Kier molecular flexibility index (Phi) is 15.0. The van der Waals surface area contributed by atoms with E-state index in [1.807, 2.05) is 24.3 Å². The van der Waals surface area contributed by atoms with Gasteiger partial charge in [0.1, 0.15) is 24.1 Å². The number of methoxy groups -OCH3 is 1. The Morgan fingerprint density at radius 1 is 0.825 bits per heavy atom. The highest BCUT2D eigenvalue weighted by Crippen LogP contribution is 2.44. The van der Waals surface area contributed by atoms with Crippen molar-refractivity contribution in [3.63, 3.8) is 0 Å². The molecule has 0 bridgehead atoms. The second kappa shape index (κ2) is 20.9. The number of hydrogen-bond acceptors (Lipinski definition) is 10. The lowest BCUT2D eigenvalue weighted by Crippen LogP contribution is -2.59. The molecule has 336 valence electrons. The number of nitrogens with zero attached hydrogens (tertiary/aromatic N) is 3. The first-order valence-corrected chi connectivity index (χ1v) is 21.9. The van der Waals surface area contributed by atoms with Gasteiger partial charge in [-0.1, -0.05) is 67.8 Å². The van der Waals surface area contributed by atoms with Gasteiger partial charge in [0.15, 0.2) is 0 Å². The Hall–Kier alpha value is -5.97. The monoisotopic (exact) mass is 865 g/mol. The normalized spacial score (nSPS) is 16.2. The van der Waals surface area contributed by atoms with Gasteiger partial charge in [0, 0.05) is 57.1 Å². The second-order valence-electron chi connectivity index (χ2n) is 16.3. The fraction of sp³-hybridized carbons (Fsp3) is 0.468. The number of ether oxygens (including phenoxy) is 3. The molecule has 7 rings (SSSR count). The third-order valence-electron chi connectivity index (χ3n) is 12.6. The number of amides is 5. The summed E-state index contributed by atoms with van der Waals surface area (Å²) in [7, 11) is 5.01. The number of nitrogens with one attached hydrogen (secondary N) is 4. The van der Waals surface area contributed by atoms with Crippen molar-refractivity contribution in [1.29, 1.82) is 0 Å². The highest BCUT2D eigenvalue weighted by molar-refractivity contribution is 6.16. The van der Waals surface area contributed by atoms with Crippen LogP contribution in [0.2, 0.25) is 0 Å². The van der Waals surface area contributed by atoms with Crippen LogP contribution in [0.25, 0.3) is 22.0 Å². The van der Waals surface area contributed by atoms with Crippen molar-refractivity contribution in [2.45, 2.75) is 57.0 Å². The molecule has 16 nitrogen and oxygen atoms in total. The fourth-order valence-electron chi connectivity index (χ4n) is 9.02. The molecule has 5 amide bonds. The molecule has 2 heterocycles. The van der Waals surface area contributed by atoms with E-state index in [1.165, 1.54) is 0 Å². The average molecular weight is 866 g/mol. The Balaban J connectivity index is 0.898. The lowest BCUT2D eigenvalue weighted by Gasteiger charge is -2.39. The van der Waals surface area contributed by atoms with Crippen LogP contribution in [-0.4, -0.2) is 129 Å². The Morgan fingerprint density at radius 3 is 2.16 bits per heavy atom. The van der Waals surface area contributed by atoms with Gasteiger partial charge in [0.2, 0.25) is 11.8 Å². The molecule has 2 fully saturated rings. The minimum Gasteiger partial charge on any atom is -0.497 e. The van der Waals surface area contributed by atoms with Crippen molar-refractivity contribution in [2.24, 2.45) is 13.0 Å². The molecule has 1 saturated heterocycles. The van der Waals surface area contributed by atoms with E-state index in [2.05, 4.69) is 45.7 Å². The maximum absolute atomic E-state index is 14.4. The van der Waals surface area contributed by atoms with Crippen LogP contribution >= 0.6 is 0 Å². The van der Waals surface area contributed by atoms with Crippen molar-refractivity contribution in [3.05, 3.63) is 89.1 Å². The van der Waals surface area contributed by atoms with Crippen molar-refractivity contribution in [2.75, 3.05) is 73.3 Å². The molecule has 4 aromatic rings. The summed E-state index contributed by atoms with van der Waals surface area (Å²) in [6, 6.07) is 20.4. The number of fused-ring (bicyclic) bond motifs is 4. The van der Waals surface area contributed by atoms with E-state index >= 15 is 0 Å². The first kappa shape index (κ1) is 45.1. The molecule has 1 aromatic heterocycles. The van der Waals surface area contributed by atoms with E-state index in [1.54, 1.807) is 60.7 Å². The zero-order chi connectivity index (χ0) is 44.5. The second-order valence-corrected chi connectivity index (χ2v) is 16.3. The summed E-state index contributed by atoms with van der Waals surface area (Å²) in [5, 5.41) is 9.46. The van der Waals surface area contributed by atoms with E-state index in [0.717, 1.165) is 54.4 Å². The van der Waals surface area contributed by atoms with Gasteiger partial charge in [0.05, 0.1) is 44.1 Å². The van der Waals surface area contributed by atoms with E-state index in [9.17, 15) is 24.0 Å². The predicted octanol–water partition coefficient (Wildman–Crippen LogP) is 4.36. The molecule has 63 heavy (non-hydrogen) atoms. The van der Waals surface area contributed by atoms with E-state index in [0.29, 0.717) is 29.7 Å².